The van der Waals surface area contributed by atoms with E-state index in [-0.39, 0.29) is 5.91 Å². The van der Waals surface area contributed by atoms with Crippen molar-refractivity contribution in [3.8, 4) is 5.75 Å². The molecule has 0 saturated carbocycles. The van der Waals surface area contributed by atoms with Gasteiger partial charge in [-0.05, 0) is 41.6 Å². The molecule has 2 heterocycles. The van der Waals surface area contributed by atoms with Crippen LogP contribution in [0.4, 0.5) is 5.00 Å². The average Bonchev–Trinajstić information content (AvgIpc) is 3.35. The number of ether oxygens (including phenoxy) is 1. The lowest BCUT2D eigenvalue weighted by molar-refractivity contribution is 0.0949. The van der Waals surface area contributed by atoms with E-state index in [1.165, 1.54) is 11.3 Å². The first kappa shape index (κ1) is 18.9. The normalized spacial score (nSPS) is 11.2. The molecule has 0 bridgehead atoms. The monoisotopic (exact) mass is 382 g/mol. The number of carbonyl (C=O) groups is 1. The summed E-state index contributed by atoms with van der Waals surface area (Å²) >= 11 is 1.42. The van der Waals surface area contributed by atoms with E-state index in [4.69, 9.17) is 9.15 Å². The van der Waals surface area contributed by atoms with E-state index in [1.54, 1.807) is 24.6 Å². The zero-order valence-electron chi connectivity index (χ0n) is 15.3. The molecule has 3 aromatic rings. The number of thiophene rings is 1. The van der Waals surface area contributed by atoms with Crippen molar-refractivity contribution in [2.45, 2.75) is 20.4 Å². The molecule has 27 heavy (non-hydrogen) atoms. The minimum atomic E-state index is -0.177. The molecule has 6 heteroatoms. The SMILES string of the molecule is CC(C)COc1ccccc1/C=N/c1sccc1C(=O)NCc1ccco1. The molecule has 5 nitrogen and oxygen atoms in total. The second kappa shape index (κ2) is 9.19. The Hall–Kier alpha value is -2.86. The van der Waals surface area contributed by atoms with Crippen molar-refractivity contribution in [1.82, 2.24) is 5.32 Å². The van der Waals surface area contributed by atoms with E-state index in [2.05, 4.69) is 24.2 Å². The second-order valence-electron chi connectivity index (χ2n) is 6.40. The van der Waals surface area contributed by atoms with E-state index in [1.807, 2.05) is 35.7 Å². The zero-order valence-corrected chi connectivity index (χ0v) is 16.2. The smallest absolute Gasteiger partial charge is 0.254 e. The first-order valence-electron chi connectivity index (χ1n) is 8.77. The van der Waals surface area contributed by atoms with Gasteiger partial charge in [0, 0.05) is 11.8 Å². The molecule has 0 saturated heterocycles. The summed E-state index contributed by atoms with van der Waals surface area (Å²) in [6.07, 6.45) is 3.32. The number of hydrogen-bond acceptors (Lipinski definition) is 5. The summed E-state index contributed by atoms with van der Waals surface area (Å²) in [5.41, 5.74) is 1.43. The molecule has 0 unspecified atom stereocenters. The minimum Gasteiger partial charge on any atom is -0.493 e. The van der Waals surface area contributed by atoms with Crippen LogP contribution in [0.25, 0.3) is 0 Å². The number of carbonyl (C=O) groups excluding carboxylic acids is 1. The Labute approximate surface area is 162 Å². The van der Waals surface area contributed by atoms with Gasteiger partial charge in [0.15, 0.2) is 0 Å². The van der Waals surface area contributed by atoms with E-state index in [9.17, 15) is 4.79 Å². The molecule has 2 aromatic heterocycles. The summed E-state index contributed by atoms with van der Waals surface area (Å²) in [5.74, 6) is 1.76. The zero-order chi connectivity index (χ0) is 19.1. The van der Waals surface area contributed by atoms with Crippen molar-refractivity contribution in [1.29, 1.82) is 0 Å². The maximum Gasteiger partial charge on any atom is 0.254 e. The van der Waals surface area contributed by atoms with E-state index >= 15 is 0 Å². The summed E-state index contributed by atoms with van der Waals surface area (Å²) in [7, 11) is 0. The quantitative estimate of drug-likeness (QED) is 0.554. The van der Waals surface area contributed by atoms with Crippen molar-refractivity contribution in [3.63, 3.8) is 0 Å². The third kappa shape index (κ3) is 5.31. The number of amides is 1. The van der Waals surface area contributed by atoms with Crippen molar-refractivity contribution in [3.05, 3.63) is 71.0 Å². The molecule has 1 N–H and O–H groups in total. The third-order valence-corrected chi connectivity index (χ3v) is 4.53. The van der Waals surface area contributed by atoms with Crippen molar-refractivity contribution in [2.24, 2.45) is 10.9 Å². The summed E-state index contributed by atoms with van der Waals surface area (Å²) in [4.78, 5) is 17.0. The second-order valence-corrected chi connectivity index (χ2v) is 7.30. The lowest BCUT2D eigenvalue weighted by Gasteiger charge is -2.10. The Morgan fingerprint density at radius 3 is 2.89 bits per heavy atom. The Morgan fingerprint density at radius 1 is 1.26 bits per heavy atom. The maximum atomic E-state index is 12.4. The molecule has 140 valence electrons. The Bertz CT molecular complexity index is 898. The van der Waals surface area contributed by atoms with Gasteiger partial charge in [0.2, 0.25) is 0 Å². The maximum absolute atomic E-state index is 12.4. The van der Waals surface area contributed by atoms with Gasteiger partial charge in [0.25, 0.3) is 5.91 Å². The van der Waals surface area contributed by atoms with Crippen LogP contribution < -0.4 is 10.1 Å². The van der Waals surface area contributed by atoms with Crippen LogP contribution in [0.3, 0.4) is 0 Å². The molecule has 0 aliphatic rings. The molecule has 0 atom stereocenters. The van der Waals surface area contributed by atoms with Crippen LogP contribution in [-0.4, -0.2) is 18.7 Å². The van der Waals surface area contributed by atoms with Crippen molar-refractivity contribution in [2.75, 3.05) is 6.61 Å². The van der Waals surface area contributed by atoms with Gasteiger partial charge in [-0.1, -0.05) is 26.0 Å². The fourth-order valence-corrected chi connectivity index (χ4v) is 3.09. The van der Waals surface area contributed by atoms with Crippen LogP contribution in [0, 0.1) is 5.92 Å². The summed E-state index contributed by atoms with van der Waals surface area (Å²) < 4.78 is 11.1. The topological polar surface area (TPSA) is 63.8 Å². The summed E-state index contributed by atoms with van der Waals surface area (Å²) in [6.45, 7) is 5.20. The van der Waals surface area contributed by atoms with Gasteiger partial charge in [0.1, 0.15) is 16.5 Å². The standard InChI is InChI=1S/C21H22N2O3S/c1-15(2)14-26-19-8-4-3-6-16(19)12-23-21-18(9-11-27-21)20(24)22-13-17-7-5-10-25-17/h3-12,15H,13-14H2,1-2H3,(H,22,24)/b23-12+. The predicted molar refractivity (Wildman–Crippen MR) is 108 cm³/mol. The fraction of sp³-hybridized carbons (Fsp3) is 0.238. The van der Waals surface area contributed by atoms with Gasteiger partial charge in [-0.3, -0.25) is 4.79 Å². The highest BCUT2D eigenvalue weighted by molar-refractivity contribution is 7.14. The van der Waals surface area contributed by atoms with Crippen LogP contribution in [0.2, 0.25) is 0 Å². The predicted octanol–water partition coefficient (Wildman–Crippen LogP) is 5.06. The van der Waals surface area contributed by atoms with E-state index in [0.29, 0.717) is 35.4 Å². The van der Waals surface area contributed by atoms with Crippen molar-refractivity contribution >= 4 is 28.5 Å². The minimum absolute atomic E-state index is 0.177. The number of aliphatic imine (C=N–C) groups is 1. The van der Waals surface area contributed by atoms with Gasteiger partial charge in [-0.2, -0.15) is 0 Å². The molecular formula is C21H22N2O3S. The van der Waals surface area contributed by atoms with Gasteiger partial charge >= 0.3 is 0 Å². The first-order valence-corrected chi connectivity index (χ1v) is 9.65. The molecule has 0 radical (unpaired) electrons. The fourth-order valence-electron chi connectivity index (χ4n) is 2.35. The Kier molecular flexibility index (Phi) is 6.44. The number of furan rings is 1. The largest absolute Gasteiger partial charge is 0.493 e. The highest BCUT2D eigenvalue weighted by Crippen LogP contribution is 2.27. The van der Waals surface area contributed by atoms with E-state index in [0.717, 1.165) is 11.3 Å². The summed E-state index contributed by atoms with van der Waals surface area (Å²) in [6, 6.07) is 13.1. The highest BCUT2D eigenvalue weighted by atomic mass is 32.1. The molecule has 0 spiro atoms. The molecule has 0 aliphatic carbocycles. The molecule has 0 fully saturated rings. The van der Waals surface area contributed by atoms with Crippen LogP contribution in [0.15, 0.2) is 63.5 Å². The highest BCUT2D eigenvalue weighted by Gasteiger charge is 2.12. The number of benzene rings is 1. The summed E-state index contributed by atoms with van der Waals surface area (Å²) in [5, 5.41) is 5.36. The Balaban J connectivity index is 1.70. The van der Waals surface area contributed by atoms with Crippen LogP contribution in [0.5, 0.6) is 5.75 Å². The lowest BCUT2D eigenvalue weighted by atomic mass is 10.2. The van der Waals surface area contributed by atoms with Gasteiger partial charge < -0.3 is 14.5 Å². The van der Waals surface area contributed by atoms with E-state index < -0.39 is 0 Å². The molecule has 1 aromatic carbocycles. The van der Waals surface area contributed by atoms with Gasteiger partial charge in [-0.15, -0.1) is 11.3 Å². The third-order valence-electron chi connectivity index (χ3n) is 3.70. The number of rotatable bonds is 8. The number of hydrogen-bond donors (Lipinski definition) is 1. The number of nitrogens with one attached hydrogen (secondary N) is 1. The van der Waals surface area contributed by atoms with Crippen LogP contribution >= 0.6 is 11.3 Å². The Morgan fingerprint density at radius 2 is 2.11 bits per heavy atom. The van der Waals surface area contributed by atoms with Gasteiger partial charge in [0.05, 0.1) is 25.0 Å². The molecular weight excluding hydrogens is 360 g/mol. The lowest BCUT2D eigenvalue weighted by Crippen LogP contribution is -2.22. The number of para-hydroxylation sites is 1. The first-order chi connectivity index (χ1) is 13.1. The molecule has 0 aliphatic heterocycles. The average molecular weight is 382 g/mol. The molecule has 1 amide bonds. The van der Waals surface area contributed by atoms with Crippen LogP contribution in [0.1, 0.15) is 35.5 Å². The molecule has 3 rings (SSSR count). The van der Waals surface area contributed by atoms with Crippen LogP contribution in [-0.2, 0) is 6.54 Å². The van der Waals surface area contributed by atoms with Crippen molar-refractivity contribution < 1.29 is 13.9 Å². The number of nitrogens with zero attached hydrogens (tertiary/aromatic N) is 1. The van der Waals surface area contributed by atoms with Gasteiger partial charge in [-0.25, -0.2) is 4.99 Å².